The topological polar surface area (TPSA) is 50.4 Å². The van der Waals surface area contributed by atoms with Crippen molar-refractivity contribution in [3.63, 3.8) is 0 Å². The molecule has 1 aromatic carbocycles. The molecule has 2 heterocycles. The molecule has 0 aliphatic rings. The highest BCUT2D eigenvalue weighted by molar-refractivity contribution is 7.99. The first-order valence-corrected chi connectivity index (χ1v) is 7.33. The van der Waals surface area contributed by atoms with Crippen LogP contribution in [-0.4, -0.2) is 19.7 Å². The second-order valence-electron chi connectivity index (χ2n) is 4.83. The summed E-state index contributed by atoms with van der Waals surface area (Å²) in [6.45, 7) is 3.32. The smallest absolute Gasteiger partial charge is 0.200 e. The van der Waals surface area contributed by atoms with Crippen molar-refractivity contribution in [2.45, 2.75) is 30.0 Å². The average Bonchev–Trinajstić information content (AvgIpc) is 2.86. The Morgan fingerprint density at radius 2 is 2.10 bits per heavy atom. The van der Waals surface area contributed by atoms with E-state index < -0.39 is 6.10 Å². The van der Waals surface area contributed by atoms with Crippen molar-refractivity contribution < 1.29 is 9.50 Å². The van der Waals surface area contributed by atoms with E-state index >= 15 is 0 Å². The summed E-state index contributed by atoms with van der Waals surface area (Å²) < 4.78 is 15.6. The highest BCUT2D eigenvalue weighted by Crippen LogP contribution is 2.34. The Balaban J connectivity index is 2.07. The SMILES string of the molecule is Cc1cc(Sc2nnc3ccccn23)c(C(C)O)cc1F. The van der Waals surface area contributed by atoms with Gasteiger partial charge in [0, 0.05) is 11.1 Å². The first kappa shape index (κ1) is 14.0. The van der Waals surface area contributed by atoms with E-state index in [1.807, 2.05) is 28.8 Å². The predicted octanol–water partition coefficient (Wildman–Crippen LogP) is 3.38. The van der Waals surface area contributed by atoms with Gasteiger partial charge >= 0.3 is 0 Å². The van der Waals surface area contributed by atoms with Gasteiger partial charge in [0.25, 0.3) is 0 Å². The molecule has 0 aliphatic carbocycles. The third-order valence-electron chi connectivity index (χ3n) is 3.22. The lowest BCUT2D eigenvalue weighted by molar-refractivity contribution is 0.196. The van der Waals surface area contributed by atoms with E-state index in [2.05, 4.69) is 10.2 Å². The number of pyridine rings is 1. The standard InChI is InChI=1S/C15H14FN3OS/c1-9-7-13(11(10(2)20)8-12(9)16)21-15-18-17-14-5-3-4-6-19(14)15/h3-8,10,20H,1-2H3. The highest BCUT2D eigenvalue weighted by atomic mass is 32.2. The summed E-state index contributed by atoms with van der Waals surface area (Å²) in [5.74, 6) is -0.318. The van der Waals surface area contributed by atoms with Crippen molar-refractivity contribution in [1.82, 2.24) is 14.6 Å². The minimum absolute atomic E-state index is 0.318. The number of aryl methyl sites for hydroxylation is 1. The molecular weight excluding hydrogens is 289 g/mol. The number of aliphatic hydroxyl groups excluding tert-OH is 1. The molecule has 21 heavy (non-hydrogen) atoms. The summed E-state index contributed by atoms with van der Waals surface area (Å²) in [5.41, 5.74) is 1.84. The third-order valence-corrected chi connectivity index (χ3v) is 4.26. The number of benzene rings is 1. The molecule has 6 heteroatoms. The van der Waals surface area contributed by atoms with Gasteiger partial charge in [0.15, 0.2) is 10.8 Å². The monoisotopic (exact) mass is 303 g/mol. The number of nitrogens with zero attached hydrogens (tertiary/aromatic N) is 3. The fourth-order valence-corrected chi connectivity index (χ4v) is 3.19. The molecule has 4 nitrogen and oxygen atoms in total. The number of halogens is 1. The average molecular weight is 303 g/mol. The fourth-order valence-electron chi connectivity index (χ4n) is 2.07. The molecule has 1 N–H and O–H groups in total. The number of hydrogen-bond donors (Lipinski definition) is 1. The van der Waals surface area contributed by atoms with Crippen molar-refractivity contribution in [2.75, 3.05) is 0 Å². The Morgan fingerprint density at radius 1 is 1.29 bits per heavy atom. The molecule has 0 fully saturated rings. The first-order valence-electron chi connectivity index (χ1n) is 6.52. The molecular formula is C15H14FN3OS. The Labute approximate surface area is 125 Å². The van der Waals surface area contributed by atoms with Gasteiger partial charge in [-0.25, -0.2) is 4.39 Å². The van der Waals surface area contributed by atoms with E-state index in [1.165, 1.54) is 17.8 Å². The zero-order valence-corrected chi connectivity index (χ0v) is 12.4. The lowest BCUT2D eigenvalue weighted by Crippen LogP contribution is -1.98. The summed E-state index contributed by atoms with van der Waals surface area (Å²) in [4.78, 5) is 0.780. The van der Waals surface area contributed by atoms with Crippen LogP contribution in [0.25, 0.3) is 5.65 Å². The van der Waals surface area contributed by atoms with Gasteiger partial charge in [-0.05, 0) is 61.0 Å². The minimum atomic E-state index is -0.748. The van der Waals surface area contributed by atoms with Crippen LogP contribution in [0.4, 0.5) is 4.39 Å². The zero-order chi connectivity index (χ0) is 15.0. The van der Waals surface area contributed by atoms with Crippen LogP contribution >= 0.6 is 11.8 Å². The summed E-state index contributed by atoms with van der Waals surface area (Å²) in [6.07, 6.45) is 1.12. The maximum atomic E-state index is 13.7. The summed E-state index contributed by atoms with van der Waals surface area (Å²) in [7, 11) is 0. The molecule has 0 bridgehead atoms. The van der Waals surface area contributed by atoms with Gasteiger partial charge in [-0.2, -0.15) is 0 Å². The van der Waals surface area contributed by atoms with Crippen molar-refractivity contribution in [3.8, 4) is 0 Å². The van der Waals surface area contributed by atoms with E-state index in [0.717, 1.165) is 10.5 Å². The molecule has 0 amide bonds. The Hall–Kier alpha value is -1.92. The van der Waals surface area contributed by atoms with Crippen molar-refractivity contribution in [2.24, 2.45) is 0 Å². The van der Waals surface area contributed by atoms with Gasteiger partial charge in [-0.1, -0.05) is 6.07 Å². The molecule has 3 aromatic rings. The molecule has 3 rings (SSSR count). The van der Waals surface area contributed by atoms with Crippen molar-refractivity contribution >= 4 is 17.4 Å². The van der Waals surface area contributed by atoms with Gasteiger partial charge in [-0.3, -0.25) is 4.40 Å². The van der Waals surface area contributed by atoms with Crippen LogP contribution in [0.3, 0.4) is 0 Å². The molecule has 0 saturated carbocycles. The quantitative estimate of drug-likeness (QED) is 0.806. The summed E-state index contributed by atoms with van der Waals surface area (Å²) in [5, 5.41) is 18.7. The zero-order valence-electron chi connectivity index (χ0n) is 11.6. The van der Waals surface area contributed by atoms with E-state index in [4.69, 9.17) is 0 Å². The van der Waals surface area contributed by atoms with Crippen molar-refractivity contribution in [1.29, 1.82) is 0 Å². The van der Waals surface area contributed by atoms with Gasteiger partial charge in [0.1, 0.15) is 5.82 Å². The second-order valence-corrected chi connectivity index (χ2v) is 5.84. The molecule has 2 aromatic heterocycles. The van der Waals surface area contributed by atoms with Crippen LogP contribution < -0.4 is 0 Å². The van der Waals surface area contributed by atoms with E-state index in [1.54, 1.807) is 19.9 Å². The molecule has 1 atom stereocenters. The lowest BCUT2D eigenvalue weighted by Gasteiger charge is -2.12. The Bertz CT molecular complexity index is 801. The van der Waals surface area contributed by atoms with Gasteiger partial charge in [-0.15, -0.1) is 10.2 Å². The fraction of sp³-hybridized carbons (Fsp3) is 0.200. The van der Waals surface area contributed by atoms with Crippen LogP contribution in [0.5, 0.6) is 0 Å². The van der Waals surface area contributed by atoms with Crippen LogP contribution in [0.15, 0.2) is 46.6 Å². The molecule has 0 aliphatic heterocycles. The molecule has 0 radical (unpaired) electrons. The molecule has 0 saturated heterocycles. The van der Waals surface area contributed by atoms with Gasteiger partial charge in [0.2, 0.25) is 0 Å². The van der Waals surface area contributed by atoms with Crippen LogP contribution in [-0.2, 0) is 0 Å². The molecule has 1 unspecified atom stereocenters. The maximum absolute atomic E-state index is 13.7. The van der Waals surface area contributed by atoms with Gasteiger partial charge in [0.05, 0.1) is 6.10 Å². The van der Waals surface area contributed by atoms with E-state index in [9.17, 15) is 9.50 Å². The number of aromatic nitrogens is 3. The minimum Gasteiger partial charge on any atom is -0.389 e. The molecule has 108 valence electrons. The largest absolute Gasteiger partial charge is 0.389 e. The van der Waals surface area contributed by atoms with Crippen LogP contribution in [0, 0.1) is 12.7 Å². The Morgan fingerprint density at radius 3 is 2.86 bits per heavy atom. The lowest BCUT2D eigenvalue weighted by atomic mass is 10.1. The summed E-state index contributed by atoms with van der Waals surface area (Å²) in [6, 6.07) is 8.76. The number of rotatable bonds is 3. The van der Waals surface area contributed by atoms with Crippen LogP contribution in [0.1, 0.15) is 24.2 Å². The van der Waals surface area contributed by atoms with Gasteiger partial charge < -0.3 is 5.11 Å². The maximum Gasteiger partial charge on any atom is 0.200 e. The van der Waals surface area contributed by atoms with E-state index in [0.29, 0.717) is 16.3 Å². The normalized spacial score (nSPS) is 12.8. The number of aliphatic hydroxyl groups is 1. The Kier molecular flexibility index (Phi) is 3.65. The highest BCUT2D eigenvalue weighted by Gasteiger charge is 2.15. The number of fused-ring (bicyclic) bond motifs is 1. The first-order chi connectivity index (χ1) is 10.1. The van der Waals surface area contributed by atoms with E-state index in [-0.39, 0.29) is 5.82 Å². The summed E-state index contributed by atoms with van der Waals surface area (Å²) >= 11 is 1.36. The molecule has 0 spiro atoms. The van der Waals surface area contributed by atoms with Crippen molar-refractivity contribution in [3.05, 3.63) is 53.5 Å². The second kappa shape index (κ2) is 5.46. The van der Waals surface area contributed by atoms with Crippen LogP contribution in [0.2, 0.25) is 0 Å². The predicted molar refractivity (Wildman–Crippen MR) is 78.9 cm³/mol. The number of hydrogen-bond acceptors (Lipinski definition) is 4. The third kappa shape index (κ3) is 2.64.